The highest BCUT2D eigenvalue weighted by Crippen LogP contribution is 2.17. The van der Waals surface area contributed by atoms with Gasteiger partial charge < -0.3 is 0 Å². The van der Waals surface area contributed by atoms with Gasteiger partial charge in [0.05, 0.1) is 23.1 Å². The minimum atomic E-state index is -0.857. The lowest BCUT2D eigenvalue weighted by molar-refractivity contribution is -0.385. The van der Waals surface area contributed by atoms with Crippen LogP contribution in [0.4, 0.5) is 10.1 Å². The summed E-state index contributed by atoms with van der Waals surface area (Å²) in [6, 6.07) is 3.03. The molecule has 0 aliphatic rings. The molecule has 0 atom stereocenters. The molecule has 0 saturated heterocycles. The largest absolute Gasteiger partial charge is 0.331 e. The van der Waals surface area contributed by atoms with Crippen molar-refractivity contribution in [3.63, 3.8) is 0 Å². The molecule has 0 unspecified atom stereocenters. The lowest BCUT2D eigenvalue weighted by Gasteiger charge is -2.10. The Morgan fingerprint density at radius 3 is 2.52 bits per heavy atom. The van der Waals surface area contributed by atoms with Crippen LogP contribution in [0.2, 0.25) is 0 Å². The van der Waals surface area contributed by atoms with Crippen LogP contribution in [0.25, 0.3) is 0 Å². The molecule has 8 nitrogen and oxygen atoms in total. The third-order valence-electron chi connectivity index (χ3n) is 3.32. The summed E-state index contributed by atoms with van der Waals surface area (Å²) in [4.78, 5) is 45.1. The minimum Gasteiger partial charge on any atom is -0.295 e. The maximum Gasteiger partial charge on any atom is 0.331 e. The van der Waals surface area contributed by atoms with E-state index in [9.17, 15) is 28.9 Å². The first-order valence-electron chi connectivity index (χ1n) is 6.46. The van der Waals surface area contributed by atoms with Crippen LogP contribution in [0.5, 0.6) is 0 Å². The molecule has 23 heavy (non-hydrogen) atoms. The highest BCUT2D eigenvalue weighted by Gasteiger charge is 2.15. The van der Waals surface area contributed by atoms with E-state index in [0.29, 0.717) is 0 Å². The molecule has 9 heteroatoms. The summed E-state index contributed by atoms with van der Waals surface area (Å²) in [5, 5.41) is 10.6. The Labute approximate surface area is 128 Å². The average Bonchev–Trinajstić information content (AvgIpc) is 2.48. The van der Waals surface area contributed by atoms with Crippen LogP contribution in [0.1, 0.15) is 22.8 Å². The quantitative estimate of drug-likeness (QED) is 0.471. The lowest BCUT2D eigenvalue weighted by Crippen LogP contribution is -2.40. The third-order valence-corrected chi connectivity index (χ3v) is 3.32. The van der Waals surface area contributed by atoms with Crippen LogP contribution < -0.4 is 11.2 Å². The Hall–Kier alpha value is -3.10. The molecule has 0 bridgehead atoms. The van der Waals surface area contributed by atoms with Gasteiger partial charge in [0.25, 0.3) is 11.2 Å². The Morgan fingerprint density at radius 2 is 2.00 bits per heavy atom. The van der Waals surface area contributed by atoms with Crippen LogP contribution in [-0.2, 0) is 13.6 Å². The molecule has 0 fully saturated rings. The van der Waals surface area contributed by atoms with E-state index in [-0.39, 0.29) is 17.7 Å². The number of Topliss-reactive ketones (excluding diaryl/α,β-unsaturated/α-hetero) is 1. The fourth-order valence-electron chi connectivity index (χ4n) is 2.04. The molecule has 120 valence electrons. The van der Waals surface area contributed by atoms with Crippen molar-refractivity contribution in [1.82, 2.24) is 9.13 Å². The van der Waals surface area contributed by atoms with E-state index >= 15 is 0 Å². The highest BCUT2D eigenvalue weighted by molar-refractivity contribution is 5.93. The lowest BCUT2D eigenvalue weighted by atomic mass is 10.2. The van der Waals surface area contributed by atoms with Crippen molar-refractivity contribution in [2.75, 3.05) is 0 Å². The standard InChI is InChI=1S/C14H12FN3O5/c1-8(19)11-7-17(14(21)16(2)13(11)20)6-9-3-4-10(18(22)23)5-12(9)15/h3-5,7H,6H2,1-2H3. The van der Waals surface area contributed by atoms with Gasteiger partial charge in [0.1, 0.15) is 5.82 Å². The van der Waals surface area contributed by atoms with Crippen LogP contribution in [0, 0.1) is 15.9 Å². The Balaban J connectivity index is 2.53. The number of carbonyl (C=O) groups is 1. The molecule has 1 heterocycles. The predicted molar refractivity (Wildman–Crippen MR) is 78.1 cm³/mol. The van der Waals surface area contributed by atoms with Gasteiger partial charge in [-0.1, -0.05) is 0 Å². The molecule has 0 aliphatic carbocycles. The Morgan fingerprint density at radius 1 is 1.35 bits per heavy atom. The van der Waals surface area contributed by atoms with Crippen molar-refractivity contribution in [3.05, 3.63) is 72.3 Å². The van der Waals surface area contributed by atoms with Crippen molar-refractivity contribution in [2.45, 2.75) is 13.5 Å². The zero-order valence-corrected chi connectivity index (χ0v) is 12.3. The summed E-state index contributed by atoms with van der Waals surface area (Å²) >= 11 is 0. The number of halogens is 1. The number of aromatic nitrogens is 2. The summed E-state index contributed by atoms with van der Waals surface area (Å²) < 4.78 is 15.7. The minimum absolute atomic E-state index is 0.0193. The van der Waals surface area contributed by atoms with E-state index in [1.54, 1.807) is 0 Å². The van der Waals surface area contributed by atoms with E-state index in [0.717, 1.165) is 27.5 Å². The number of non-ortho nitro benzene ring substituents is 1. The van der Waals surface area contributed by atoms with E-state index in [1.807, 2.05) is 0 Å². The Kier molecular flexibility index (Phi) is 4.21. The highest BCUT2D eigenvalue weighted by atomic mass is 19.1. The molecule has 2 aromatic rings. The molecule has 1 aromatic carbocycles. The normalized spacial score (nSPS) is 10.6. The van der Waals surface area contributed by atoms with Gasteiger partial charge in [-0.05, 0) is 13.0 Å². The fraction of sp³-hybridized carbons (Fsp3) is 0.214. The molecule has 0 saturated carbocycles. The van der Waals surface area contributed by atoms with E-state index in [4.69, 9.17) is 0 Å². The maximum atomic E-state index is 13.9. The third kappa shape index (κ3) is 3.07. The van der Waals surface area contributed by atoms with Gasteiger partial charge in [-0.15, -0.1) is 0 Å². The second kappa shape index (κ2) is 5.95. The molecule has 0 spiro atoms. The van der Waals surface area contributed by atoms with Gasteiger partial charge in [0, 0.05) is 24.9 Å². The number of carbonyl (C=O) groups excluding carboxylic acids is 1. The van der Waals surface area contributed by atoms with Crippen molar-refractivity contribution < 1.29 is 14.1 Å². The molecule has 0 N–H and O–H groups in total. The molecule has 1 aromatic heterocycles. The maximum absolute atomic E-state index is 13.9. The summed E-state index contributed by atoms with van der Waals surface area (Å²) in [7, 11) is 1.21. The molecule has 2 rings (SSSR count). The van der Waals surface area contributed by atoms with E-state index < -0.39 is 33.5 Å². The van der Waals surface area contributed by atoms with Crippen molar-refractivity contribution in [2.24, 2.45) is 7.05 Å². The SMILES string of the molecule is CC(=O)c1cn(Cc2ccc([N+](=O)[O-])cc2F)c(=O)n(C)c1=O. The van der Waals surface area contributed by atoms with Gasteiger partial charge in [0.2, 0.25) is 0 Å². The summed E-state index contributed by atoms with van der Waals surface area (Å²) in [5.41, 5.74) is -2.05. The van der Waals surface area contributed by atoms with Gasteiger partial charge in [-0.2, -0.15) is 0 Å². The molecule has 0 aliphatic heterocycles. The number of nitro groups is 1. The van der Waals surface area contributed by atoms with Crippen molar-refractivity contribution in [3.8, 4) is 0 Å². The number of nitrogens with zero attached hydrogens (tertiary/aromatic N) is 3. The number of rotatable bonds is 4. The van der Waals surface area contributed by atoms with Gasteiger partial charge in [-0.25, -0.2) is 9.18 Å². The molecule has 0 radical (unpaired) electrons. The van der Waals surface area contributed by atoms with Gasteiger partial charge in [0.15, 0.2) is 5.78 Å². The van der Waals surface area contributed by atoms with Crippen LogP contribution in [0.15, 0.2) is 34.0 Å². The second-order valence-electron chi connectivity index (χ2n) is 4.91. The Bertz CT molecular complexity index is 929. The van der Waals surface area contributed by atoms with Crippen molar-refractivity contribution >= 4 is 11.5 Å². The van der Waals surface area contributed by atoms with Gasteiger partial charge in [-0.3, -0.25) is 28.8 Å². The number of ketones is 1. The first-order chi connectivity index (χ1) is 10.7. The zero-order chi connectivity index (χ0) is 17.3. The van der Waals surface area contributed by atoms with E-state index in [1.165, 1.54) is 20.0 Å². The van der Waals surface area contributed by atoms with E-state index in [2.05, 4.69) is 0 Å². The summed E-state index contributed by atoms with van der Waals surface area (Å²) in [6.45, 7) is 0.912. The first kappa shape index (κ1) is 16.3. The smallest absolute Gasteiger partial charge is 0.295 e. The van der Waals surface area contributed by atoms with Gasteiger partial charge >= 0.3 is 5.69 Å². The predicted octanol–water partition coefficient (Wildman–Crippen LogP) is 0.845. The summed E-state index contributed by atoms with van der Waals surface area (Å²) in [5.74, 6) is -1.38. The van der Waals surface area contributed by atoms with Crippen LogP contribution >= 0.6 is 0 Å². The molecular formula is C14H12FN3O5. The zero-order valence-electron chi connectivity index (χ0n) is 12.3. The first-order valence-corrected chi connectivity index (χ1v) is 6.46. The number of benzene rings is 1. The molecule has 0 amide bonds. The summed E-state index contributed by atoms with van der Waals surface area (Å²) in [6.07, 6.45) is 1.06. The average molecular weight is 321 g/mol. The van der Waals surface area contributed by atoms with Crippen LogP contribution in [-0.4, -0.2) is 19.8 Å². The number of hydrogen-bond donors (Lipinski definition) is 0. The molecular weight excluding hydrogens is 309 g/mol. The fourth-order valence-corrected chi connectivity index (χ4v) is 2.04. The monoisotopic (exact) mass is 321 g/mol. The number of nitro benzene ring substituents is 1. The van der Waals surface area contributed by atoms with Crippen molar-refractivity contribution in [1.29, 1.82) is 0 Å². The van der Waals surface area contributed by atoms with Crippen LogP contribution in [0.3, 0.4) is 0 Å². The topological polar surface area (TPSA) is 104 Å². The second-order valence-corrected chi connectivity index (χ2v) is 4.91. The number of hydrogen-bond acceptors (Lipinski definition) is 5.